The Balaban J connectivity index is 1.91. The van der Waals surface area contributed by atoms with E-state index in [1.54, 1.807) is 6.08 Å². The maximum absolute atomic E-state index is 11.9. The number of anilines is 1. The lowest BCUT2D eigenvalue weighted by Gasteiger charge is -2.26. The van der Waals surface area contributed by atoms with Crippen LogP contribution in [0.4, 0.5) is 5.69 Å². The molecule has 0 saturated carbocycles. The summed E-state index contributed by atoms with van der Waals surface area (Å²) in [7, 11) is 1.94. The van der Waals surface area contributed by atoms with Crippen molar-refractivity contribution in [1.82, 2.24) is 0 Å². The van der Waals surface area contributed by atoms with Gasteiger partial charge in [-0.05, 0) is 30.2 Å². The van der Waals surface area contributed by atoms with Gasteiger partial charge >= 0.3 is 0 Å². The van der Waals surface area contributed by atoms with Gasteiger partial charge in [0.15, 0.2) is 5.75 Å². The van der Waals surface area contributed by atoms with Gasteiger partial charge in [-0.15, -0.1) is 0 Å². The molecule has 118 valence electrons. The molecule has 0 aromatic heterocycles. The van der Waals surface area contributed by atoms with Gasteiger partial charge in [-0.1, -0.05) is 37.6 Å². The second-order valence-corrected chi connectivity index (χ2v) is 5.62. The van der Waals surface area contributed by atoms with Crippen molar-refractivity contribution in [2.45, 2.75) is 19.8 Å². The van der Waals surface area contributed by atoms with Gasteiger partial charge in [0, 0.05) is 18.4 Å². The molecule has 0 radical (unpaired) electrons. The van der Waals surface area contributed by atoms with Crippen molar-refractivity contribution in [3.05, 3.63) is 67.6 Å². The van der Waals surface area contributed by atoms with Crippen LogP contribution < -0.4 is 20.5 Å². The molecule has 0 unspecified atom stereocenters. The van der Waals surface area contributed by atoms with E-state index in [2.05, 4.69) is 0 Å². The highest BCUT2D eigenvalue weighted by molar-refractivity contribution is 5.80. The zero-order chi connectivity index (χ0) is 16.4. The summed E-state index contributed by atoms with van der Waals surface area (Å²) in [6.07, 6.45) is 7.52. The van der Waals surface area contributed by atoms with Crippen molar-refractivity contribution in [3.63, 3.8) is 0 Å². The highest BCUT2D eigenvalue weighted by Gasteiger charge is 2.22. The SMILES string of the molecule is CCCCOc1c(/C=C2/C=Cc3ccccc3N2C)c(=O)c1=O. The number of likely N-dealkylation sites (N-methyl/N-ethyl adjacent to an activating group) is 1. The molecule has 0 fully saturated rings. The minimum Gasteiger partial charge on any atom is -0.489 e. The Morgan fingerprint density at radius 1 is 1.13 bits per heavy atom. The van der Waals surface area contributed by atoms with Crippen molar-refractivity contribution < 1.29 is 4.74 Å². The van der Waals surface area contributed by atoms with Gasteiger partial charge in [0.2, 0.25) is 5.43 Å². The Morgan fingerprint density at radius 2 is 1.91 bits per heavy atom. The van der Waals surface area contributed by atoms with Gasteiger partial charge in [-0.25, -0.2) is 0 Å². The monoisotopic (exact) mass is 309 g/mol. The fourth-order valence-electron chi connectivity index (χ4n) is 2.63. The van der Waals surface area contributed by atoms with Gasteiger partial charge < -0.3 is 9.64 Å². The number of unbranched alkanes of at least 4 members (excludes halogenated alkanes) is 1. The first-order valence-corrected chi connectivity index (χ1v) is 7.82. The lowest BCUT2D eigenvalue weighted by atomic mass is 10.0. The number of fused-ring (bicyclic) bond motifs is 1. The predicted molar refractivity (Wildman–Crippen MR) is 93.6 cm³/mol. The first-order valence-electron chi connectivity index (χ1n) is 7.82. The summed E-state index contributed by atoms with van der Waals surface area (Å²) in [5.74, 6) is 0.205. The fourth-order valence-corrected chi connectivity index (χ4v) is 2.63. The maximum Gasteiger partial charge on any atom is 0.268 e. The van der Waals surface area contributed by atoms with Crippen LogP contribution in [0.3, 0.4) is 0 Å². The molecule has 2 aromatic carbocycles. The third-order valence-electron chi connectivity index (χ3n) is 4.06. The number of hydrogen-bond donors (Lipinski definition) is 0. The largest absolute Gasteiger partial charge is 0.489 e. The van der Waals surface area contributed by atoms with E-state index in [1.807, 2.05) is 55.3 Å². The maximum atomic E-state index is 11.9. The van der Waals surface area contributed by atoms with Crippen molar-refractivity contribution >= 4 is 17.8 Å². The molecule has 0 spiro atoms. The van der Waals surface area contributed by atoms with E-state index in [-0.39, 0.29) is 5.75 Å². The molecule has 1 aliphatic heterocycles. The fraction of sp³-hybridized carbons (Fsp3) is 0.263. The lowest BCUT2D eigenvalue weighted by Crippen LogP contribution is -2.36. The number of hydrogen-bond acceptors (Lipinski definition) is 4. The molecule has 0 saturated heterocycles. The molecule has 4 nitrogen and oxygen atoms in total. The van der Waals surface area contributed by atoms with E-state index in [1.165, 1.54) is 0 Å². The first kappa shape index (κ1) is 15.3. The Hall–Kier alpha value is -2.62. The number of nitrogens with zero attached hydrogens (tertiary/aromatic N) is 1. The van der Waals surface area contributed by atoms with Crippen LogP contribution in [0.2, 0.25) is 0 Å². The van der Waals surface area contributed by atoms with E-state index in [9.17, 15) is 9.59 Å². The first-order chi connectivity index (χ1) is 11.1. The van der Waals surface area contributed by atoms with Gasteiger partial charge in [0.1, 0.15) is 0 Å². The minimum atomic E-state index is -0.518. The molecule has 1 aliphatic rings. The predicted octanol–water partition coefficient (Wildman–Crippen LogP) is 2.97. The zero-order valence-electron chi connectivity index (χ0n) is 13.3. The molecule has 4 heteroatoms. The summed E-state index contributed by atoms with van der Waals surface area (Å²) < 4.78 is 5.48. The molecule has 0 N–H and O–H groups in total. The third kappa shape index (κ3) is 2.72. The van der Waals surface area contributed by atoms with Crippen molar-refractivity contribution in [2.75, 3.05) is 18.6 Å². The summed E-state index contributed by atoms with van der Waals surface area (Å²) in [6.45, 7) is 2.51. The van der Waals surface area contributed by atoms with Crippen LogP contribution in [0.5, 0.6) is 5.75 Å². The average molecular weight is 309 g/mol. The molecule has 0 amide bonds. The number of benzene rings is 1. The summed E-state index contributed by atoms with van der Waals surface area (Å²) in [4.78, 5) is 25.6. The van der Waals surface area contributed by atoms with Crippen LogP contribution in [-0.4, -0.2) is 13.7 Å². The topological polar surface area (TPSA) is 46.6 Å². The number of allylic oxidation sites excluding steroid dienone is 1. The van der Waals surface area contributed by atoms with Crippen LogP contribution in [0, 0.1) is 0 Å². The summed E-state index contributed by atoms with van der Waals surface area (Å²) in [6, 6.07) is 8.02. The quantitative estimate of drug-likeness (QED) is 0.629. The van der Waals surface area contributed by atoms with E-state index in [0.717, 1.165) is 29.8 Å². The molecule has 0 aliphatic carbocycles. The normalized spacial score (nSPS) is 15.2. The van der Waals surface area contributed by atoms with E-state index in [0.29, 0.717) is 12.2 Å². The van der Waals surface area contributed by atoms with E-state index in [4.69, 9.17) is 4.74 Å². The number of rotatable bonds is 5. The number of ether oxygens (including phenoxy) is 1. The summed E-state index contributed by atoms with van der Waals surface area (Å²) in [5, 5.41) is 0. The lowest BCUT2D eigenvalue weighted by molar-refractivity contribution is 0.302. The van der Waals surface area contributed by atoms with Crippen LogP contribution in [0.15, 0.2) is 45.6 Å². The van der Waals surface area contributed by atoms with E-state index < -0.39 is 10.9 Å². The molecular weight excluding hydrogens is 290 g/mol. The number of para-hydroxylation sites is 1. The second kappa shape index (κ2) is 6.24. The van der Waals surface area contributed by atoms with Crippen molar-refractivity contribution in [1.29, 1.82) is 0 Å². The van der Waals surface area contributed by atoms with Crippen molar-refractivity contribution in [3.8, 4) is 5.75 Å². The Bertz CT molecular complexity index is 854. The van der Waals surface area contributed by atoms with Crippen LogP contribution >= 0.6 is 0 Å². The molecule has 3 rings (SSSR count). The van der Waals surface area contributed by atoms with Gasteiger partial charge in [-0.3, -0.25) is 9.59 Å². The van der Waals surface area contributed by atoms with Gasteiger partial charge in [0.25, 0.3) is 5.43 Å². The third-order valence-corrected chi connectivity index (χ3v) is 4.06. The Morgan fingerprint density at radius 3 is 2.70 bits per heavy atom. The Kier molecular flexibility index (Phi) is 4.15. The summed E-state index contributed by atoms with van der Waals surface area (Å²) >= 11 is 0. The van der Waals surface area contributed by atoms with Crippen LogP contribution in [0.1, 0.15) is 30.9 Å². The van der Waals surface area contributed by atoms with Gasteiger partial charge in [-0.2, -0.15) is 0 Å². The molecule has 0 atom stereocenters. The molecule has 1 heterocycles. The molecule has 2 aromatic rings. The standard InChI is InChI=1S/C19H19NO3/c1-3-4-11-23-19-15(17(21)18(19)22)12-14-10-9-13-7-5-6-8-16(13)20(14)2/h5-10,12H,3-4,11H2,1-2H3/b14-12-. The second-order valence-electron chi connectivity index (χ2n) is 5.62. The summed E-state index contributed by atoms with van der Waals surface area (Å²) in [5.41, 5.74) is 2.43. The smallest absolute Gasteiger partial charge is 0.268 e. The molecule has 0 bridgehead atoms. The van der Waals surface area contributed by atoms with Gasteiger partial charge in [0.05, 0.1) is 12.2 Å². The molecular formula is C19H19NO3. The minimum absolute atomic E-state index is 0.205. The van der Waals surface area contributed by atoms with Crippen LogP contribution in [-0.2, 0) is 0 Å². The van der Waals surface area contributed by atoms with Crippen LogP contribution in [0.25, 0.3) is 12.2 Å². The molecule has 23 heavy (non-hydrogen) atoms. The van der Waals surface area contributed by atoms with Crippen molar-refractivity contribution in [2.24, 2.45) is 0 Å². The van der Waals surface area contributed by atoms with E-state index >= 15 is 0 Å². The highest BCUT2D eigenvalue weighted by atomic mass is 16.5. The highest BCUT2D eigenvalue weighted by Crippen LogP contribution is 2.30. The zero-order valence-corrected chi connectivity index (χ0v) is 13.3. The Labute approximate surface area is 135 Å². The average Bonchev–Trinajstić information content (AvgIpc) is 2.59.